The van der Waals surface area contributed by atoms with Crippen LogP contribution in [0.2, 0.25) is 0 Å². The molecule has 0 spiro atoms. The van der Waals surface area contributed by atoms with Gasteiger partial charge in [-0.05, 0) is 154 Å². The van der Waals surface area contributed by atoms with Gasteiger partial charge in [-0.1, -0.05) is 86.3 Å². The maximum atomic E-state index is 13.0. The minimum absolute atomic E-state index is 0.0845. The number of hydrogen-bond acceptors (Lipinski definition) is 8. The number of anilines is 2. The third-order valence-corrected chi connectivity index (χ3v) is 14.3. The number of fused-ring (bicyclic) bond motifs is 2. The second-order valence-corrected chi connectivity index (χ2v) is 20.3. The fourth-order valence-corrected chi connectivity index (χ4v) is 9.74. The van der Waals surface area contributed by atoms with Gasteiger partial charge in [-0.25, -0.2) is 9.98 Å². The normalized spacial score (nSPS) is 12.8. The van der Waals surface area contributed by atoms with E-state index in [2.05, 4.69) is 89.0 Å². The molecule has 8 aromatic rings. The van der Waals surface area contributed by atoms with Crippen LogP contribution in [0.25, 0.3) is 38.9 Å². The van der Waals surface area contributed by atoms with Crippen LogP contribution in [-0.2, 0) is 4.74 Å². The summed E-state index contributed by atoms with van der Waals surface area (Å²) in [6.07, 6.45) is 12.5. The third-order valence-electron chi connectivity index (χ3n) is 14.3. The molecule has 2 amide bonds. The van der Waals surface area contributed by atoms with Gasteiger partial charge in [-0.2, -0.15) is 0 Å². The molecule has 398 valence electrons. The molecule has 0 saturated carbocycles. The number of benzene rings is 7. The van der Waals surface area contributed by atoms with Crippen LogP contribution >= 0.6 is 0 Å². The predicted octanol–water partition coefficient (Wildman–Crippen LogP) is 12.6. The minimum atomic E-state index is -0.0890. The van der Waals surface area contributed by atoms with E-state index in [0.29, 0.717) is 43.9 Å². The first-order valence-corrected chi connectivity index (χ1v) is 27.4. The van der Waals surface area contributed by atoms with Crippen LogP contribution in [0.3, 0.4) is 0 Å². The Hall–Kier alpha value is -8.61. The van der Waals surface area contributed by atoms with Gasteiger partial charge in [0.25, 0.3) is 11.8 Å². The molecule has 9 rings (SSSR count). The molecule has 0 atom stereocenters. The minimum Gasteiger partial charge on any atom is -0.494 e. The second kappa shape index (κ2) is 26.0. The van der Waals surface area contributed by atoms with E-state index < -0.39 is 0 Å². The number of carbonyl (C=O) groups excluding carboxylic acids is 2. The zero-order valence-electron chi connectivity index (χ0n) is 45.4. The lowest BCUT2D eigenvalue weighted by Gasteiger charge is -2.16. The molecule has 7 aromatic carbocycles. The lowest BCUT2D eigenvalue weighted by atomic mass is 10.0. The second-order valence-electron chi connectivity index (χ2n) is 20.3. The molecular weight excluding hydrogens is 969 g/mol. The molecule has 1 aliphatic rings. The number of aliphatic imine (C=N–C) groups is 1. The molecule has 0 fully saturated rings. The smallest absolute Gasteiger partial charge is 0.251 e. The van der Waals surface area contributed by atoms with Gasteiger partial charge in [0.05, 0.1) is 19.3 Å². The van der Waals surface area contributed by atoms with Crippen molar-refractivity contribution in [1.82, 2.24) is 15.6 Å². The summed E-state index contributed by atoms with van der Waals surface area (Å²) in [6.45, 7) is 10.6. The average Bonchev–Trinajstić information content (AvgIpc) is 3.60. The summed E-state index contributed by atoms with van der Waals surface area (Å²) in [5, 5.41) is 8.26. The van der Waals surface area contributed by atoms with Crippen LogP contribution in [0, 0.1) is 20.8 Å². The number of amides is 2. The Morgan fingerprint density at radius 1 is 0.603 bits per heavy atom. The number of aromatic nitrogens is 2. The predicted molar refractivity (Wildman–Crippen MR) is 316 cm³/mol. The number of aryl methyl sites for hydroxylation is 3. The van der Waals surface area contributed by atoms with Crippen molar-refractivity contribution >= 4 is 68.0 Å². The Labute approximate surface area is 458 Å². The number of nitrogens with one attached hydrogen (secondary N) is 2. The standard InChI is InChI=1S/C66H70N8O4/c1-44-38-57(58(41-55(44)67)71-52-19-11-9-12-20-52)72-53-31-32-63(46(3)37-53)77-35-17-7-5-15-33-69-65(75)50-27-23-48(24-28-50)49-25-29-51(30-26-49)66(76)70-34-16-6-8-18-36-78-64-43-62-60(40-47(64)4)73-59-39-45(2)56(68)42-61(59)74(62)54-21-13-10-14-22-54/h9-14,19-30,32,37-43,68,71H,5-8,15-18,31,33-36,67H2,1-4H3,(H2,69,70,75,76)/p+2. The quantitative estimate of drug-likeness (QED) is 0.0183. The fraction of sp³-hybridized carbons (Fsp3) is 0.258. The van der Waals surface area contributed by atoms with Gasteiger partial charge in [-0.15, -0.1) is 4.57 Å². The maximum Gasteiger partial charge on any atom is 0.251 e. The van der Waals surface area contributed by atoms with Crippen molar-refractivity contribution < 1.29 is 28.9 Å². The lowest BCUT2D eigenvalue weighted by molar-refractivity contribution is -0.538. The molecule has 1 aliphatic carbocycles. The molecule has 1 heterocycles. The van der Waals surface area contributed by atoms with E-state index in [0.717, 1.165) is 158 Å². The Bertz CT molecular complexity index is 3500. The molecule has 12 heteroatoms. The van der Waals surface area contributed by atoms with E-state index in [1.54, 1.807) is 0 Å². The third kappa shape index (κ3) is 13.9. The van der Waals surface area contributed by atoms with Gasteiger partial charge in [-0.3, -0.25) is 14.9 Å². The molecular formula is C66H72N8O4+2. The molecule has 0 aliphatic heterocycles. The SMILES string of the molecule is CC1=CC(=Nc2cc(C)c(N)cc2[NH2+]c2ccccc2)CC=C1OCCCCCCNC(=O)c1ccc(-c2ccc(C(=O)NCCCCCCOc3cc4c(cc3C)nc3cc(C)c(N)cc3[n+]4-c3ccccc3)cc2)cc1. The van der Waals surface area contributed by atoms with Crippen molar-refractivity contribution in [3.63, 3.8) is 0 Å². The van der Waals surface area contributed by atoms with Crippen LogP contribution in [0.4, 0.5) is 28.4 Å². The number of ether oxygens (including phenoxy) is 2. The van der Waals surface area contributed by atoms with Crippen molar-refractivity contribution in [2.75, 3.05) is 37.8 Å². The summed E-state index contributed by atoms with van der Waals surface area (Å²) in [5.41, 5.74) is 30.1. The zero-order valence-corrected chi connectivity index (χ0v) is 45.4. The van der Waals surface area contributed by atoms with Crippen LogP contribution in [0.15, 0.2) is 174 Å². The molecule has 0 bridgehead atoms. The molecule has 0 saturated heterocycles. The van der Waals surface area contributed by atoms with Crippen molar-refractivity contribution in [2.24, 2.45) is 4.99 Å². The summed E-state index contributed by atoms with van der Waals surface area (Å²) in [4.78, 5) is 36.0. The number of nitrogens with two attached hydrogens (primary N) is 3. The van der Waals surface area contributed by atoms with Gasteiger partial charge in [0.2, 0.25) is 16.7 Å². The van der Waals surface area contributed by atoms with Crippen molar-refractivity contribution in [2.45, 2.75) is 85.5 Å². The fourth-order valence-electron chi connectivity index (χ4n) is 9.74. The molecule has 8 N–H and O–H groups in total. The summed E-state index contributed by atoms with van der Waals surface area (Å²) in [5.74, 6) is 1.58. The number of para-hydroxylation sites is 2. The van der Waals surface area contributed by atoms with Crippen LogP contribution < -0.4 is 36.7 Å². The largest absolute Gasteiger partial charge is 0.494 e. The van der Waals surface area contributed by atoms with Gasteiger partial charge >= 0.3 is 0 Å². The number of rotatable bonds is 23. The van der Waals surface area contributed by atoms with Crippen molar-refractivity contribution in [3.05, 3.63) is 197 Å². The molecule has 0 radical (unpaired) electrons. The average molecular weight is 1040 g/mol. The van der Waals surface area contributed by atoms with E-state index in [9.17, 15) is 9.59 Å². The van der Waals surface area contributed by atoms with E-state index in [4.69, 9.17) is 30.9 Å². The number of quaternary nitrogens is 1. The Kier molecular flexibility index (Phi) is 18.0. The zero-order chi connectivity index (χ0) is 54.4. The summed E-state index contributed by atoms with van der Waals surface area (Å²) in [6, 6.07) is 48.0. The summed E-state index contributed by atoms with van der Waals surface area (Å²) < 4.78 is 14.7. The Morgan fingerprint density at radius 3 is 1.76 bits per heavy atom. The topological polar surface area (TPSA) is 174 Å². The van der Waals surface area contributed by atoms with Crippen LogP contribution in [0.5, 0.6) is 5.75 Å². The summed E-state index contributed by atoms with van der Waals surface area (Å²) >= 11 is 0. The van der Waals surface area contributed by atoms with Gasteiger partial charge in [0, 0.05) is 72.0 Å². The van der Waals surface area contributed by atoms with Crippen molar-refractivity contribution in [1.29, 1.82) is 0 Å². The van der Waals surface area contributed by atoms with E-state index in [-0.39, 0.29) is 11.8 Å². The van der Waals surface area contributed by atoms with Gasteiger partial charge < -0.3 is 31.6 Å². The number of carbonyl (C=O) groups is 2. The first-order valence-electron chi connectivity index (χ1n) is 27.4. The van der Waals surface area contributed by atoms with Crippen LogP contribution in [-0.4, -0.2) is 48.8 Å². The van der Waals surface area contributed by atoms with Gasteiger partial charge in [0.1, 0.15) is 33.9 Å². The van der Waals surface area contributed by atoms with E-state index >= 15 is 0 Å². The van der Waals surface area contributed by atoms with Crippen LogP contribution in [0.1, 0.15) is 102 Å². The van der Waals surface area contributed by atoms with E-state index in [1.165, 1.54) is 0 Å². The van der Waals surface area contributed by atoms with Gasteiger partial charge in [0.15, 0.2) is 5.69 Å². The first-order chi connectivity index (χ1) is 38.0. The molecule has 78 heavy (non-hydrogen) atoms. The number of unbranched alkanes of at least 4 members (excludes halogenated alkanes) is 6. The van der Waals surface area contributed by atoms with Crippen molar-refractivity contribution in [3.8, 4) is 22.6 Å². The number of nitrogen functional groups attached to an aromatic ring is 2. The highest BCUT2D eigenvalue weighted by atomic mass is 16.5. The molecule has 0 unspecified atom stereocenters. The maximum absolute atomic E-state index is 13.0. The highest BCUT2D eigenvalue weighted by Gasteiger charge is 2.23. The Morgan fingerprint density at radius 2 is 1.14 bits per heavy atom. The molecule has 1 aromatic heterocycles. The number of hydrogen-bond donors (Lipinski definition) is 5. The highest BCUT2D eigenvalue weighted by Crippen LogP contribution is 2.31. The van der Waals surface area contributed by atoms with E-state index in [1.807, 2.05) is 117 Å². The lowest BCUT2D eigenvalue weighted by Crippen LogP contribution is -2.71. The Balaban J connectivity index is 0.639. The number of nitrogens with zero attached hydrogens (tertiary/aromatic N) is 3. The molecule has 12 nitrogen and oxygen atoms in total. The monoisotopic (exact) mass is 1040 g/mol. The number of allylic oxidation sites excluding steroid dienone is 3. The summed E-state index contributed by atoms with van der Waals surface area (Å²) in [7, 11) is 0. The highest BCUT2D eigenvalue weighted by molar-refractivity contribution is 6.00. The first kappa shape index (κ1) is 54.2.